The first-order valence-electron chi connectivity index (χ1n) is 17.2. The van der Waals surface area contributed by atoms with Crippen LogP contribution in [-0.2, 0) is 36.6 Å². The molecule has 0 radical (unpaired) electrons. The highest BCUT2D eigenvalue weighted by atomic mass is 32.1. The van der Waals surface area contributed by atoms with Crippen molar-refractivity contribution >= 4 is 41.8 Å². The van der Waals surface area contributed by atoms with Crippen LogP contribution in [0.5, 0.6) is 5.75 Å². The van der Waals surface area contributed by atoms with Gasteiger partial charge in [0.05, 0.1) is 24.8 Å². The molecule has 7 rings (SSSR count). The van der Waals surface area contributed by atoms with Gasteiger partial charge in [0.1, 0.15) is 29.6 Å². The predicted molar refractivity (Wildman–Crippen MR) is 191 cm³/mol. The van der Waals surface area contributed by atoms with Crippen LogP contribution in [0.3, 0.4) is 0 Å². The van der Waals surface area contributed by atoms with Crippen molar-refractivity contribution in [3.8, 4) is 5.75 Å². The summed E-state index contributed by atoms with van der Waals surface area (Å²) in [5.74, 6) is -0.656. The van der Waals surface area contributed by atoms with Gasteiger partial charge in [-0.25, -0.2) is 14.6 Å². The number of ether oxygens (including phenoxy) is 3. The molecule has 6 atom stereocenters. The Bertz CT molecular complexity index is 1770. The molecule has 2 heterocycles. The summed E-state index contributed by atoms with van der Waals surface area (Å²) in [4.78, 5) is 43.6. The average molecular weight is 720 g/mol. The van der Waals surface area contributed by atoms with Gasteiger partial charge in [-0.05, 0) is 81.4 Å². The zero-order chi connectivity index (χ0) is 36.7. The van der Waals surface area contributed by atoms with Crippen LogP contribution in [-0.4, -0.2) is 64.8 Å². The molecule has 3 aromatic rings. The molecular formula is C36H46BN5O8S. The second kappa shape index (κ2) is 14.2. The summed E-state index contributed by atoms with van der Waals surface area (Å²) >= 11 is 0.880. The molecule has 2 bridgehead atoms. The van der Waals surface area contributed by atoms with Crippen LogP contribution in [0.4, 0.5) is 9.93 Å². The molecule has 1 saturated heterocycles. The molecule has 13 nitrogen and oxygen atoms in total. The van der Waals surface area contributed by atoms with E-state index in [1.165, 1.54) is 7.11 Å². The van der Waals surface area contributed by atoms with Gasteiger partial charge < -0.3 is 34.6 Å². The molecule has 4 aliphatic rings. The summed E-state index contributed by atoms with van der Waals surface area (Å²) in [5.41, 5.74) is 7.00. The number of esters is 1. The standard InChI is InChI=1S/C36H46BN5O8S/c1-34(2,3)48-31(44)23-15-11-14-21(28(23)46-7)16-26(37-49-25-18-22-17-24(35(22,4)5)36(25,6)50-37)39-30(43)27(38)29-40-32(51-42-29)41-33(45)47-19-20-12-9-8-10-13-20/h8-15,22,24-27H,16-19,38H2,1-7H3,(H,39,43)(H,40,41,42,45)/t22-,24-,25+,26?,27?,36-/m0/s1. The Hall–Kier alpha value is -4.05. The molecule has 2 unspecified atom stereocenters. The number of para-hydroxylation sites is 1. The van der Waals surface area contributed by atoms with E-state index >= 15 is 0 Å². The third-order valence-electron chi connectivity index (χ3n) is 10.4. The minimum absolute atomic E-state index is 0.0237. The zero-order valence-corrected chi connectivity index (χ0v) is 30.9. The van der Waals surface area contributed by atoms with E-state index in [-0.39, 0.29) is 41.1 Å². The fourth-order valence-corrected chi connectivity index (χ4v) is 8.25. The van der Waals surface area contributed by atoms with Crippen LogP contribution in [0.25, 0.3) is 0 Å². The van der Waals surface area contributed by atoms with E-state index in [0.29, 0.717) is 23.1 Å². The van der Waals surface area contributed by atoms with Crippen LogP contribution in [0.2, 0.25) is 0 Å². The quantitative estimate of drug-likeness (QED) is 0.175. The molecule has 3 saturated carbocycles. The number of carbonyl (C=O) groups is 3. The number of aromatic nitrogens is 2. The lowest BCUT2D eigenvalue weighted by Crippen LogP contribution is -2.65. The monoisotopic (exact) mass is 719 g/mol. The molecule has 0 spiro atoms. The summed E-state index contributed by atoms with van der Waals surface area (Å²) in [6.07, 6.45) is 1.26. The van der Waals surface area contributed by atoms with Gasteiger partial charge in [-0.15, -0.1) is 0 Å². The van der Waals surface area contributed by atoms with Gasteiger partial charge in [-0.1, -0.05) is 56.3 Å². The van der Waals surface area contributed by atoms with Crippen LogP contribution in [0, 0.1) is 17.3 Å². The first-order chi connectivity index (χ1) is 24.1. The van der Waals surface area contributed by atoms with Crippen molar-refractivity contribution in [1.29, 1.82) is 0 Å². The SMILES string of the molecule is COc1c(CC(NC(=O)C(N)c2nsc(NC(=O)OCc3ccccc3)n2)B2O[C@@H]3C[C@@H]4C[C@@H](C4(C)C)[C@]3(C)O2)cccc1C(=O)OC(C)(C)C. The summed E-state index contributed by atoms with van der Waals surface area (Å²) < 4.78 is 34.3. The number of methoxy groups -OCH3 is 1. The van der Waals surface area contributed by atoms with E-state index in [4.69, 9.17) is 29.3 Å². The van der Waals surface area contributed by atoms with E-state index in [9.17, 15) is 14.4 Å². The minimum atomic E-state index is -1.28. The van der Waals surface area contributed by atoms with Crippen LogP contribution < -0.4 is 21.1 Å². The maximum atomic E-state index is 13.8. The fourth-order valence-electron chi connectivity index (χ4n) is 7.65. The van der Waals surface area contributed by atoms with Gasteiger partial charge >= 0.3 is 19.2 Å². The van der Waals surface area contributed by atoms with E-state index in [2.05, 4.69) is 40.8 Å². The number of nitrogens with one attached hydrogen (secondary N) is 2. The number of benzene rings is 2. The lowest BCUT2D eigenvalue weighted by molar-refractivity contribution is -0.199. The highest BCUT2D eigenvalue weighted by Gasteiger charge is 2.68. The lowest BCUT2D eigenvalue weighted by Gasteiger charge is -2.64. The summed E-state index contributed by atoms with van der Waals surface area (Å²) in [7, 11) is 0.668. The Morgan fingerprint density at radius 2 is 1.84 bits per heavy atom. The van der Waals surface area contributed by atoms with Crippen molar-refractivity contribution in [2.45, 2.75) is 96.7 Å². The first kappa shape index (κ1) is 36.7. The predicted octanol–water partition coefficient (Wildman–Crippen LogP) is 5.25. The Morgan fingerprint density at radius 3 is 2.53 bits per heavy atom. The molecule has 15 heteroatoms. The minimum Gasteiger partial charge on any atom is -0.496 e. The van der Waals surface area contributed by atoms with Gasteiger partial charge in [-0.2, -0.15) is 4.37 Å². The lowest BCUT2D eigenvalue weighted by atomic mass is 9.43. The van der Waals surface area contributed by atoms with Crippen LogP contribution in [0.1, 0.15) is 87.7 Å². The third kappa shape index (κ3) is 7.62. The van der Waals surface area contributed by atoms with Crippen LogP contribution in [0.15, 0.2) is 48.5 Å². The number of nitrogens with zero attached hydrogens (tertiary/aromatic N) is 2. The highest BCUT2D eigenvalue weighted by molar-refractivity contribution is 7.09. The molecule has 2 aromatic carbocycles. The van der Waals surface area contributed by atoms with E-state index < -0.39 is 48.3 Å². The highest BCUT2D eigenvalue weighted by Crippen LogP contribution is 2.65. The molecular weight excluding hydrogens is 673 g/mol. The normalized spacial score (nSPS) is 24.4. The molecule has 1 aromatic heterocycles. The molecule has 2 amide bonds. The Morgan fingerprint density at radius 1 is 1.10 bits per heavy atom. The molecule has 4 fully saturated rings. The number of carbonyl (C=O) groups excluding carboxylic acids is 3. The largest absolute Gasteiger partial charge is 0.496 e. The molecule has 4 N–H and O–H groups in total. The number of anilines is 1. The van der Waals surface area contributed by atoms with Gasteiger partial charge in [0, 0.05) is 11.5 Å². The number of hydrogen-bond acceptors (Lipinski definition) is 12. The van der Waals surface area contributed by atoms with Gasteiger partial charge in [-0.3, -0.25) is 10.1 Å². The van der Waals surface area contributed by atoms with Crippen molar-refractivity contribution in [2.24, 2.45) is 23.0 Å². The van der Waals surface area contributed by atoms with Crippen molar-refractivity contribution in [1.82, 2.24) is 14.7 Å². The second-order valence-electron chi connectivity index (χ2n) is 15.3. The molecule has 3 aliphatic carbocycles. The number of amides is 2. The fraction of sp³-hybridized carbons (Fsp3) is 0.528. The van der Waals surface area contributed by atoms with Crippen molar-refractivity contribution in [3.05, 3.63) is 71.0 Å². The number of nitrogens with two attached hydrogens (primary N) is 1. The Balaban J connectivity index is 1.20. The smallest absolute Gasteiger partial charge is 0.482 e. The first-order valence-corrected chi connectivity index (χ1v) is 18.0. The second-order valence-corrected chi connectivity index (χ2v) is 16.0. The van der Waals surface area contributed by atoms with Gasteiger partial charge in [0.25, 0.3) is 0 Å². The summed E-state index contributed by atoms with van der Waals surface area (Å²) in [5, 5.41) is 5.71. The molecule has 1 aliphatic heterocycles. The summed E-state index contributed by atoms with van der Waals surface area (Å²) in [6.45, 7) is 12.1. The van der Waals surface area contributed by atoms with Gasteiger partial charge in [0.15, 0.2) is 5.82 Å². The summed E-state index contributed by atoms with van der Waals surface area (Å²) in [6, 6.07) is 13.2. The van der Waals surface area contributed by atoms with E-state index in [0.717, 1.165) is 29.9 Å². The molecule has 51 heavy (non-hydrogen) atoms. The third-order valence-corrected chi connectivity index (χ3v) is 11.1. The number of hydrogen-bond donors (Lipinski definition) is 3. The maximum Gasteiger partial charge on any atom is 0.482 e. The topological polar surface area (TPSA) is 173 Å². The molecule has 272 valence electrons. The number of rotatable bonds is 11. The van der Waals surface area contributed by atoms with Crippen molar-refractivity contribution < 1.29 is 37.9 Å². The Kier molecular flexibility index (Phi) is 10.2. The van der Waals surface area contributed by atoms with E-state index in [1.54, 1.807) is 32.9 Å². The van der Waals surface area contributed by atoms with E-state index in [1.807, 2.05) is 36.4 Å². The maximum absolute atomic E-state index is 13.8. The Labute approximate surface area is 302 Å². The van der Waals surface area contributed by atoms with Gasteiger partial charge in [0.2, 0.25) is 11.0 Å². The zero-order valence-electron chi connectivity index (χ0n) is 30.1. The van der Waals surface area contributed by atoms with Crippen molar-refractivity contribution in [3.63, 3.8) is 0 Å². The average Bonchev–Trinajstić information content (AvgIpc) is 3.70. The van der Waals surface area contributed by atoms with Crippen LogP contribution >= 0.6 is 11.5 Å². The van der Waals surface area contributed by atoms with Crippen molar-refractivity contribution in [2.75, 3.05) is 12.4 Å².